The summed E-state index contributed by atoms with van der Waals surface area (Å²) in [6, 6.07) is 22.5. The molecular formula is C25H17F3N2O. The highest BCUT2D eigenvalue weighted by atomic mass is 19.4. The largest absolute Gasteiger partial charge is 0.417 e. The van der Waals surface area contributed by atoms with Crippen molar-refractivity contribution in [3.63, 3.8) is 0 Å². The van der Waals surface area contributed by atoms with Crippen LogP contribution < -0.4 is 5.56 Å². The fourth-order valence-electron chi connectivity index (χ4n) is 3.78. The van der Waals surface area contributed by atoms with Crippen LogP contribution >= 0.6 is 0 Å². The minimum atomic E-state index is -4.82. The van der Waals surface area contributed by atoms with E-state index in [4.69, 9.17) is 0 Å². The van der Waals surface area contributed by atoms with Crippen molar-refractivity contribution in [2.45, 2.75) is 19.6 Å². The molecule has 0 radical (unpaired) electrons. The number of pyridine rings is 1. The first-order valence-corrected chi connectivity index (χ1v) is 9.58. The van der Waals surface area contributed by atoms with Gasteiger partial charge in [0.25, 0.3) is 5.56 Å². The Labute approximate surface area is 176 Å². The minimum absolute atomic E-state index is 0.0380. The summed E-state index contributed by atoms with van der Waals surface area (Å²) in [5.74, 6) is 0. The van der Waals surface area contributed by atoms with E-state index in [0.29, 0.717) is 5.56 Å². The van der Waals surface area contributed by atoms with Crippen molar-refractivity contribution < 1.29 is 13.2 Å². The SMILES string of the molecule is Cc1cccc(-c2cc(C(F)(F)F)c(C#N)c(=O)n2Cc2cccc3ccccc23)c1. The lowest BCUT2D eigenvalue weighted by Crippen LogP contribution is -2.28. The van der Waals surface area contributed by atoms with Gasteiger partial charge in [0.1, 0.15) is 11.6 Å². The second-order valence-corrected chi connectivity index (χ2v) is 7.33. The maximum atomic E-state index is 13.7. The van der Waals surface area contributed by atoms with Crippen LogP contribution in [0.1, 0.15) is 22.3 Å². The summed E-state index contributed by atoms with van der Waals surface area (Å²) >= 11 is 0. The Bertz CT molecular complexity index is 1390. The van der Waals surface area contributed by atoms with E-state index in [2.05, 4.69) is 0 Å². The fourth-order valence-corrected chi connectivity index (χ4v) is 3.78. The minimum Gasteiger partial charge on any atom is -0.303 e. The van der Waals surface area contributed by atoms with E-state index in [1.54, 1.807) is 18.2 Å². The Hall–Kier alpha value is -3.85. The lowest BCUT2D eigenvalue weighted by molar-refractivity contribution is -0.137. The molecule has 0 fully saturated rings. The normalized spacial score (nSPS) is 11.5. The smallest absolute Gasteiger partial charge is 0.303 e. The van der Waals surface area contributed by atoms with Crippen LogP contribution in [0.3, 0.4) is 0 Å². The van der Waals surface area contributed by atoms with Gasteiger partial charge in [0, 0.05) is 0 Å². The second kappa shape index (κ2) is 7.77. The third kappa shape index (κ3) is 3.82. The molecule has 0 spiro atoms. The Kier molecular flexibility index (Phi) is 5.12. The highest BCUT2D eigenvalue weighted by Crippen LogP contribution is 2.34. The van der Waals surface area contributed by atoms with E-state index in [-0.39, 0.29) is 12.2 Å². The zero-order valence-electron chi connectivity index (χ0n) is 16.6. The number of nitrogens with zero attached hydrogens (tertiary/aromatic N) is 2. The molecule has 0 saturated heterocycles. The fraction of sp³-hybridized carbons (Fsp3) is 0.120. The molecule has 0 amide bonds. The molecule has 3 nitrogen and oxygen atoms in total. The molecule has 4 rings (SSSR count). The predicted molar refractivity (Wildman–Crippen MR) is 114 cm³/mol. The molecule has 1 heterocycles. The number of halogens is 3. The van der Waals surface area contributed by atoms with Crippen molar-refractivity contribution in [3.8, 4) is 17.3 Å². The molecule has 154 valence electrons. The van der Waals surface area contributed by atoms with Crippen LogP contribution in [0.15, 0.2) is 77.6 Å². The third-order valence-electron chi connectivity index (χ3n) is 5.24. The lowest BCUT2D eigenvalue weighted by atomic mass is 10.0. The van der Waals surface area contributed by atoms with Crippen LogP contribution in [0.4, 0.5) is 13.2 Å². The van der Waals surface area contributed by atoms with Crippen LogP contribution in [0.5, 0.6) is 0 Å². The van der Waals surface area contributed by atoms with Crippen molar-refractivity contribution in [2.75, 3.05) is 0 Å². The number of nitriles is 1. The molecule has 0 aliphatic carbocycles. The van der Waals surface area contributed by atoms with E-state index in [9.17, 15) is 23.2 Å². The van der Waals surface area contributed by atoms with Gasteiger partial charge in [0.15, 0.2) is 0 Å². The Morgan fingerprint density at radius 3 is 2.39 bits per heavy atom. The summed E-state index contributed by atoms with van der Waals surface area (Å²) in [4.78, 5) is 13.1. The van der Waals surface area contributed by atoms with E-state index in [1.807, 2.05) is 55.5 Å². The lowest BCUT2D eigenvalue weighted by Gasteiger charge is -2.18. The maximum absolute atomic E-state index is 13.7. The summed E-state index contributed by atoms with van der Waals surface area (Å²) in [5.41, 5.74) is -0.853. The van der Waals surface area contributed by atoms with Crippen LogP contribution in [0.25, 0.3) is 22.0 Å². The number of aryl methyl sites for hydroxylation is 1. The number of hydrogen-bond donors (Lipinski definition) is 0. The van der Waals surface area contributed by atoms with Gasteiger partial charge in [-0.05, 0) is 41.0 Å². The Morgan fingerprint density at radius 1 is 0.968 bits per heavy atom. The second-order valence-electron chi connectivity index (χ2n) is 7.33. The van der Waals surface area contributed by atoms with Gasteiger partial charge in [-0.15, -0.1) is 0 Å². The maximum Gasteiger partial charge on any atom is 0.417 e. The molecule has 0 saturated carbocycles. The van der Waals surface area contributed by atoms with Crippen LogP contribution in [-0.2, 0) is 12.7 Å². The third-order valence-corrected chi connectivity index (χ3v) is 5.24. The molecule has 0 aliphatic heterocycles. The van der Waals surface area contributed by atoms with Crippen molar-refractivity contribution in [3.05, 3.63) is 105 Å². The Balaban J connectivity index is 2.02. The molecule has 0 atom stereocenters. The zero-order chi connectivity index (χ0) is 22.2. The van der Waals surface area contributed by atoms with Crippen molar-refractivity contribution in [1.29, 1.82) is 5.26 Å². The van der Waals surface area contributed by atoms with Gasteiger partial charge in [-0.1, -0.05) is 66.2 Å². The highest BCUT2D eigenvalue weighted by Gasteiger charge is 2.36. The number of alkyl halides is 3. The summed E-state index contributed by atoms with van der Waals surface area (Å²) in [7, 11) is 0. The molecule has 0 unspecified atom stereocenters. The summed E-state index contributed by atoms with van der Waals surface area (Å²) in [6.45, 7) is 1.86. The van der Waals surface area contributed by atoms with Crippen LogP contribution in [0.2, 0.25) is 0 Å². The summed E-state index contributed by atoms with van der Waals surface area (Å²) < 4.78 is 42.2. The monoisotopic (exact) mass is 418 g/mol. The number of aromatic nitrogens is 1. The van der Waals surface area contributed by atoms with E-state index < -0.39 is 22.9 Å². The molecule has 0 N–H and O–H groups in total. The van der Waals surface area contributed by atoms with Crippen molar-refractivity contribution >= 4 is 10.8 Å². The van der Waals surface area contributed by atoms with E-state index >= 15 is 0 Å². The first kappa shape index (κ1) is 20.4. The molecule has 1 aromatic heterocycles. The first-order valence-electron chi connectivity index (χ1n) is 9.58. The van der Waals surface area contributed by atoms with Crippen LogP contribution in [0, 0.1) is 18.3 Å². The van der Waals surface area contributed by atoms with Gasteiger partial charge in [0.2, 0.25) is 0 Å². The summed E-state index contributed by atoms with van der Waals surface area (Å²) in [5, 5.41) is 11.2. The van der Waals surface area contributed by atoms with Gasteiger partial charge >= 0.3 is 6.18 Å². The number of hydrogen-bond acceptors (Lipinski definition) is 2. The van der Waals surface area contributed by atoms with E-state index in [0.717, 1.165) is 28.0 Å². The Morgan fingerprint density at radius 2 is 1.68 bits per heavy atom. The zero-order valence-corrected chi connectivity index (χ0v) is 16.6. The highest BCUT2D eigenvalue weighted by molar-refractivity contribution is 5.85. The number of benzene rings is 3. The van der Waals surface area contributed by atoms with Gasteiger partial charge in [-0.3, -0.25) is 4.79 Å². The van der Waals surface area contributed by atoms with E-state index in [1.165, 1.54) is 10.6 Å². The molecule has 0 bridgehead atoms. The van der Waals surface area contributed by atoms with Gasteiger partial charge in [-0.25, -0.2) is 0 Å². The summed E-state index contributed by atoms with van der Waals surface area (Å²) in [6.07, 6.45) is -4.82. The topological polar surface area (TPSA) is 45.8 Å². The quantitative estimate of drug-likeness (QED) is 0.415. The van der Waals surface area contributed by atoms with Gasteiger partial charge < -0.3 is 4.57 Å². The molecule has 6 heteroatoms. The average molecular weight is 418 g/mol. The molecular weight excluding hydrogens is 401 g/mol. The molecule has 3 aromatic carbocycles. The van der Waals surface area contributed by atoms with Crippen LogP contribution in [-0.4, -0.2) is 4.57 Å². The molecule has 0 aliphatic rings. The number of fused-ring (bicyclic) bond motifs is 1. The molecule has 4 aromatic rings. The standard InChI is InChI=1S/C25H17F3N2O/c1-16-6-4-9-18(12-16)23-13-22(25(26,27)28)21(14-29)24(31)30(23)15-19-10-5-8-17-7-2-3-11-20(17)19/h2-13H,15H2,1H3. The van der Waals surface area contributed by atoms with Crippen molar-refractivity contribution in [2.24, 2.45) is 0 Å². The molecule has 31 heavy (non-hydrogen) atoms. The number of rotatable bonds is 3. The van der Waals surface area contributed by atoms with Gasteiger partial charge in [-0.2, -0.15) is 18.4 Å². The van der Waals surface area contributed by atoms with Gasteiger partial charge in [0.05, 0.1) is 17.8 Å². The van der Waals surface area contributed by atoms with Crippen molar-refractivity contribution in [1.82, 2.24) is 4.57 Å². The first-order chi connectivity index (χ1) is 14.8. The average Bonchev–Trinajstić information content (AvgIpc) is 2.74. The predicted octanol–water partition coefficient (Wildman–Crippen LogP) is 5.92.